The molecule has 1 aliphatic heterocycles. The van der Waals surface area contributed by atoms with Crippen molar-refractivity contribution < 1.29 is 4.52 Å². The first-order chi connectivity index (χ1) is 8.69. The molecule has 0 spiro atoms. The van der Waals surface area contributed by atoms with Gasteiger partial charge in [-0.25, -0.2) is 0 Å². The molecule has 2 aromatic rings. The molecule has 2 N–H and O–H groups in total. The van der Waals surface area contributed by atoms with Gasteiger partial charge in [0.2, 0.25) is 11.7 Å². The summed E-state index contributed by atoms with van der Waals surface area (Å²) in [7, 11) is 0. The summed E-state index contributed by atoms with van der Waals surface area (Å²) in [5, 5.41) is 4.06. The van der Waals surface area contributed by atoms with Crippen molar-refractivity contribution in [1.82, 2.24) is 10.1 Å². The van der Waals surface area contributed by atoms with Crippen LogP contribution in [0.4, 0.5) is 5.69 Å². The standard InChI is InChI=1S/C13H15N3OS/c1-13(7-4-8-18-13)12-15-11(16-17-12)9-5-2-3-6-10(9)14/h2-3,5-6H,4,7-8,14H2,1H3. The van der Waals surface area contributed by atoms with E-state index in [9.17, 15) is 0 Å². The summed E-state index contributed by atoms with van der Waals surface area (Å²) in [6.07, 6.45) is 2.29. The fourth-order valence-corrected chi connectivity index (χ4v) is 3.43. The van der Waals surface area contributed by atoms with Gasteiger partial charge in [0.25, 0.3) is 0 Å². The van der Waals surface area contributed by atoms with Crippen LogP contribution in [0.1, 0.15) is 25.7 Å². The number of aromatic nitrogens is 2. The molecule has 1 aliphatic rings. The van der Waals surface area contributed by atoms with Crippen molar-refractivity contribution in [2.45, 2.75) is 24.5 Å². The lowest BCUT2D eigenvalue weighted by molar-refractivity contribution is 0.343. The van der Waals surface area contributed by atoms with Crippen LogP contribution in [0.3, 0.4) is 0 Å². The second-order valence-electron chi connectivity index (χ2n) is 4.69. The zero-order valence-corrected chi connectivity index (χ0v) is 11.0. The van der Waals surface area contributed by atoms with Gasteiger partial charge in [-0.2, -0.15) is 4.98 Å². The molecular weight excluding hydrogens is 246 g/mol. The predicted molar refractivity (Wildman–Crippen MR) is 73.2 cm³/mol. The van der Waals surface area contributed by atoms with E-state index in [0.29, 0.717) is 17.4 Å². The molecule has 1 atom stereocenters. The molecule has 0 aliphatic carbocycles. The Labute approximate surface area is 110 Å². The van der Waals surface area contributed by atoms with Crippen molar-refractivity contribution in [3.8, 4) is 11.4 Å². The second-order valence-corrected chi connectivity index (χ2v) is 6.29. The molecule has 2 heterocycles. The molecule has 94 valence electrons. The van der Waals surface area contributed by atoms with Gasteiger partial charge in [-0.15, -0.1) is 11.8 Å². The molecule has 3 rings (SSSR count). The molecule has 1 aromatic carbocycles. The largest absolute Gasteiger partial charge is 0.398 e. The number of benzene rings is 1. The third-order valence-electron chi connectivity index (χ3n) is 3.30. The van der Waals surface area contributed by atoms with E-state index in [-0.39, 0.29) is 4.75 Å². The smallest absolute Gasteiger partial charge is 0.242 e. The minimum Gasteiger partial charge on any atom is -0.398 e. The van der Waals surface area contributed by atoms with Gasteiger partial charge in [-0.1, -0.05) is 17.3 Å². The molecule has 5 heteroatoms. The number of para-hydroxylation sites is 1. The highest BCUT2D eigenvalue weighted by molar-refractivity contribution is 8.00. The maximum atomic E-state index is 5.92. The van der Waals surface area contributed by atoms with E-state index in [1.165, 1.54) is 6.42 Å². The summed E-state index contributed by atoms with van der Waals surface area (Å²) in [5.41, 5.74) is 7.43. The Balaban J connectivity index is 1.97. The molecule has 18 heavy (non-hydrogen) atoms. The molecule has 0 saturated carbocycles. The SMILES string of the molecule is CC1(c2nc(-c3ccccc3N)no2)CCCS1. The van der Waals surface area contributed by atoms with Gasteiger partial charge in [0.15, 0.2) is 0 Å². The molecule has 1 unspecified atom stereocenters. The Kier molecular flexibility index (Phi) is 2.78. The van der Waals surface area contributed by atoms with E-state index in [4.69, 9.17) is 10.3 Å². The first kappa shape index (κ1) is 11.6. The lowest BCUT2D eigenvalue weighted by Gasteiger charge is -2.16. The number of rotatable bonds is 2. The lowest BCUT2D eigenvalue weighted by Crippen LogP contribution is -2.13. The van der Waals surface area contributed by atoms with Crippen LogP contribution in [-0.4, -0.2) is 15.9 Å². The number of anilines is 1. The summed E-state index contributed by atoms with van der Waals surface area (Å²) in [6.45, 7) is 2.16. The highest BCUT2D eigenvalue weighted by atomic mass is 32.2. The second kappa shape index (κ2) is 4.31. The maximum absolute atomic E-state index is 5.92. The Morgan fingerprint density at radius 3 is 2.94 bits per heavy atom. The van der Waals surface area contributed by atoms with E-state index in [1.54, 1.807) is 0 Å². The average Bonchev–Trinajstić information content (AvgIpc) is 2.99. The summed E-state index contributed by atoms with van der Waals surface area (Å²) in [6, 6.07) is 7.58. The van der Waals surface area contributed by atoms with Crippen LogP contribution in [0, 0.1) is 0 Å². The van der Waals surface area contributed by atoms with E-state index < -0.39 is 0 Å². The number of nitrogens with two attached hydrogens (primary N) is 1. The van der Waals surface area contributed by atoms with E-state index in [0.717, 1.165) is 17.7 Å². The van der Waals surface area contributed by atoms with Gasteiger partial charge in [-0.05, 0) is 37.7 Å². The third-order valence-corrected chi connectivity index (χ3v) is 4.81. The summed E-state index contributed by atoms with van der Waals surface area (Å²) >= 11 is 1.88. The van der Waals surface area contributed by atoms with Gasteiger partial charge >= 0.3 is 0 Å². The Hall–Kier alpha value is -1.49. The van der Waals surface area contributed by atoms with Gasteiger partial charge in [0.1, 0.15) is 0 Å². The lowest BCUT2D eigenvalue weighted by atomic mass is 10.1. The van der Waals surface area contributed by atoms with Crippen molar-refractivity contribution in [2.24, 2.45) is 0 Å². The highest BCUT2D eigenvalue weighted by Crippen LogP contribution is 2.45. The summed E-state index contributed by atoms with van der Waals surface area (Å²) in [4.78, 5) is 4.52. The molecule has 4 nitrogen and oxygen atoms in total. The minimum atomic E-state index is -0.0329. The van der Waals surface area contributed by atoms with Crippen LogP contribution in [0.5, 0.6) is 0 Å². The molecular formula is C13H15N3OS. The van der Waals surface area contributed by atoms with Crippen LogP contribution in [0.25, 0.3) is 11.4 Å². The quantitative estimate of drug-likeness (QED) is 0.842. The third kappa shape index (κ3) is 1.88. The van der Waals surface area contributed by atoms with Crippen molar-refractivity contribution >= 4 is 17.4 Å². The first-order valence-electron chi connectivity index (χ1n) is 6.02. The van der Waals surface area contributed by atoms with Gasteiger partial charge in [0.05, 0.1) is 4.75 Å². The minimum absolute atomic E-state index is 0.0329. The summed E-state index contributed by atoms with van der Waals surface area (Å²) < 4.78 is 5.39. The zero-order valence-electron chi connectivity index (χ0n) is 10.2. The fourth-order valence-electron chi connectivity index (χ4n) is 2.20. The normalized spacial score (nSPS) is 23.4. The van der Waals surface area contributed by atoms with Gasteiger partial charge < -0.3 is 10.3 Å². The van der Waals surface area contributed by atoms with Crippen LogP contribution < -0.4 is 5.73 Å². The molecule has 1 fully saturated rings. The zero-order chi connectivity index (χ0) is 12.6. The van der Waals surface area contributed by atoms with Crippen molar-refractivity contribution in [2.75, 3.05) is 11.5 Å². The molecule has 1 saturated heterocycles. The van der Waals surface area contributed by atoms with E-state index >= 15 is 0 Å². The molecule has 0 amide bonds. The van der Waals surface area contributed by atoms with Crippen LogP contribution in [0.15, 0.2) is 28.8 Å². The van der Waals surface area contributed by atoms with Crippen LogP contribution in [0.2, 0.25) is 0 Å². The van der Waals surface area contributed by atoms with Crippen LogP contribution >= 0.6 is 11.8 Å². The first-order valence-corrected chi connectivity index (χ1v) is 7.01. The van der Waals surface area contributed by atoms with Gasteiger partial charge in [0, 0.05) is 11.3 Å². The summed E-state index contributed by atoms with van der Waals surface area (Å²) in [5.74, 6) is 2.45. The van der Waals surface area contributed by atoms with Crippen LogP contribution in [-0.2, 0) is 4.75 Å². The fraction of sp³-hybridized carbons (Fsp3) is 0.385. The van der Waals surface area contributed by atoms with Crippen molar-refractivity contribution in [3.05, 3.63) is 30.2 Å². The monoisotopic (exact) mass is 261 g/mol. The number of nitrogens with zero attached hydrogens (tertiary/aromatic N) is 2. The Morgan fingerprint density at radius 1 is 1.39 bits per heavy atom. The number of thioether (sulfide) groups is 1. The molecule has 0 bridgehead atoms. The highest BCUT2D eigenvalue weighted by Gasteiger charge is 2.37. The molecule has 1 aromatic heterocycles. The average molecular weight is 261 g/mol. The Bertz CT molecular complexity index is 561. The van der Waals surface area contributed by atoms with E-state index in [1.807, 2.05) is 36.0 Å². The topological polar surface area (TPSA) is 64.9 Å². The number of hydrogen-bond acceptors (Lipinski definition) is 5. The number of hydrogen-bond donors (Lipinski definition) is 1. The van der Waals surface area contributed by atoms with Crippen molar-refractivity contribution in [3.63, 3.8) is 0 Å². The predicted octanol–water partition coefficient (Wildman–Crippen LogP) is 3.06. The van der Waals surface area contributed by atoms with Gasteiger partial charge in [-0.3, -0.25) is 0 Å². The van der Waals surface area contributed by atoms with Crippen molar-refractivity contribution in [1.29, 1.82) is 0 Å². The molecule has 0 radical (unpaired) electrons. The Morgan fingerprint density at radius 2 is 2.22 bits per heavy atom. The maximum Gasteiger partial charge on any atom is 0.242 e. The number of nitrogen functional groups attached to an aromatic ring is 1. The van der Waals surface area contributed by atoms with E-state index in [2.05, 4.69) is 17.1 Å².